The van der Waals surface area contributed by atoms with E-state index in [4.69, 9.17) is 15.1 Å². The van der Waals surface area contributed by atoms with Crippen LogP contribution in [-0.4, -0.2) is 41.9 Å². The van der Waals surface area contributed by atoms with Gasteiger partial charge < -0.3 is 14.7 Å². The Kier molecular flexibility index (Phi) is 3.53. The zero-order valence-electron chi connectivity index (χ0n) is 7.27. The minimum atomic E-state index is -0.912. The van der Waals surface area contributed by atoms with Crippen molar-refractivity contribution in [2.75, 3.05) is 19.7 Å². The second-order valence-electron chi connectivity index (χ2n) is 2.92. The van der Waals surface area contributed by atoms with Crippen molar-refractivity contribution in [1.29, 1.82) is 5.26 Å². The van der Waals surface area contributed by atoms with Gasteiger partial charge in [0.15, 0.2) is 0 Å². The highest BCUT2D eigenvalue weighted by Crippen LogP contribution is 2.09. The SMILES string of the molecule is N#CCCC1CN(C(=O)O)CCO1. The Morgan fingerprint density at radius 3 is 3.15 bits per heavy atom. The molecule has 0 aliphatic carbocycles. The van der Waals surface area contributed by atoms with Gasteiger partial charge in [0.25, 0.3) is 0 Å². The molecule has 5 heteroatoms. The lowest BCUT2D eigenvalue weighted by molar-refractivity contribution is -0.0245. The molecule has 1 rings (SSSR count). The molecule has 1 N–H and O–H groups in total. The molecule has 1 aliphatic heterocycles. The molecule has 1 heterocycles. The van der Waals surface area contributed by atoms with Gasteiger partial charge in [-0.25, -0.2) is 4.79 Å². The van der Waals surface area contributed by atoms with Gasteiger partial charge >= 0.3 is 6.09 Å². The summed E-state index contributed by atoms with van der Waals surface area (Å²) in [6, 6.07) is 2.01. The molecule has 13 heavy (non-hydrogen) atoms. The Hall–Kier alpha value is -1.28. The normalized spacial score (nSPS) is 22.4. The smallest absolute Gasteiger partial charge is 0.407 e. The first-order chi connectivity index (χ1) is 6.24. The van der Waals surface area contributed by atoms with Crippen LogP contribution in [0.2, 0.25) is 0 Å². The third-order valence-electron chi connectivity index (χ3n) is 1.99. The maximum Gasteiger partial charge on any atom is 0.407 e. The molecule has 0 spiro atoms. The Bertz CT molecular complexity index is 224. The van der Waals surface area contributed by atoms with Gasteiger partial charge in [-0.05, 0) is 6.42 Å². The molecule has 1 unspecified atom stereocenters. The number of nitrogens with zero attached hydrogens (tertiary/aromatic N) is 2. The monoisotopic (exact) mass is 184 g/mol. The third kappa shape index (κ3) is 2.92. The molecule has 5 nitrogen and oxygen atoms in total. The van der Waals surface area contributed by atoms with E-state index >= 15 is 0 Å². The molecule has 1 aliphatic rings. The highest BCUT2D eigenvalue weighted by molar-refractivity contribution is 5.65. The first kappa shape index (κ1) is 9.81. The van der Waals surface area contributed by atoms with E-state index in [1.165, 1.54) is 4.90 Å². The van der Waals surface area contributed by atoms with Crippen molar-refractivity contribution in [3.05, 3.63) is 0 Å². The summed E-state index contributed by atoms with van der Waals surface area (Å²) in [5, 5.41) is 17.0. The summed E-state index contributed by atoms with van der Waals surface area (Å²) in [7, 11) is 0. The van der Waals surface area contributed by atoms with Gasteiger partial charge in [-0.3, -0.25) is 0 Å². The molecule has 1 fully saturated rings. The number of hydrogen-bond acceptors (Lipinski definition) is 3. The molecule has 1 atom stereocenters. The zero-order chi connectivity index (χ0) is 9.68. The first-order valence-corrected chi connectivity index (χ1v) is 4.20. The highest BCUT2D eigenvalue weighted by Gasteiger charge is 2.22. The lowest BCUT2D eigenvalue weighted by Crippen LogP contribution is -2.44. The van der Waals surface area contributed by atoms with Gasteiger partial charge in [-0.1, -0.05) is 0 Å². The summed E-state index contributed by atoms with van der Waals surface area (Å²) in [6.45, 7) is 1.25. The van der Waals surface area contributed by atoms with Gasteiger partial charge in [-0.2, -0.15) is 5.26 Å². The summed E-state index contributed by atoms with van der Waals surface area (Å²) < 4.78 is 5.30. The summed E-state index contributed by atoms with van der Waals surface area (Å²) in [6.07, 6.45) is 0.00745. The number of carboxylic acid groups (broad SMARTS) is 1. The van der Waals surface area contributed by atoms with Crippen LogP contribution in [0.3, 0.4) is 0 Å². The standard InChI is InChI=1S/C8H12N2O3/c9-3-1-2-7-6-10(8(11)12)4-5-13-7/h7H,1-2,4-6H2,(H,11,12). The van der Waals surface area contributed by atoms with E-state index in [0.29, 0.717) is 32.5 Å². The van der Waals surface area contributed by atoms with Crippen molar-refractivity contribution in [3.63, 3.8) is 0 Å². The molecule has 1 amide bonds. The van der Waals surface area contributed by atoms with E-state index in [0.717, 1.165) is 0 Å². The van der Waals surface area contributed by atoms with Crippen LogP contribution in [0.15, 0.2) is 0 Å². The van der Waals surface area contributed by atoms with Crippen molar-refractivity contribution in [3.8, 4) is 6.07 Å². The Morgan fingerprint density at radius 2 is 2.54 bits per heavy atom. The van der Waals surface area contributed by atoms with Crippen molar-refractivity contribution in [2.24, 2.45) is 0 Å². The van der Waals surface area contributed by atoms with Crippen LogP contribution >= 0.6 is 0 Å². The molecule has 0 bridgehead atoms. The Labute approximate surface area is 76.5 Å². The van der Waals surface area contributed by atoms with E-state index in [-0.39, 0.29) is 6.10 Å². The van der Waals surface area contributed by atoms with Crippen LogP contribution in [0.5, 0.6) is 0 Å². The quantitative estimate of drug-likeness (QED) is 0.684. The van der Waals surface area contributed by atoms with Crippen LogP contribution < -0.4 is 0 Å². The Morgan fingerprint density at radius 1 is 1.77 bits per heavy atom. The van der Waals surface area contributed by atoms with Crippen molar-refractivity contribution in [1.82, 2.24) is 4.90 Å². The van der Waals surface area contributed by atoms with E-state index in [2.05, 4.69) is 0 Å². The van der Waals surface area contributed by atoms with Gasteiger partial charge in [0.05, 0.1) is 25.3 Å². The van der Waals surface area contributed by atoms with Crippen LogP contribution in [0, 0.1) is 11.3 Å². The second kappa shape index (κ2) is 4.67. The molecule has 0 aromatic carbocycles. The molecule has 1 saturated heterocycles. The van der Waals surface area contributed by atoms with Crippen LogP contribution in [0.25, 0.3) is 0 Å². The van der Waals surface area contributed by atoms with Crippen LogP contribution in [-0.2, 0) is 4.74 Å². The fourth-order valence-corrected chi connectivity index (χ4v) is 1.29. The molecular weight excluding hydrogens is 172 g/mol. The fourth-order valence-electron chi connectivity index (χ4n) is 1.29. The van der Waals surface area contributed by atoms with Gasteiger partial charge in [0.2, 0.25) is 0 Å². The summed E-state index contributed by atoms with van der Waals surface area (Å²) >= 11 is 0. The predicted octanol–water partition coefficient (Wildman–Crippen LogP) is 0.669. The maximum atomic E-state index is 10.6. The van der Waals surface area contributed by atoms with Crippen LogP contribution in [0.1, 0.15) is 12.8 Å². The molecule has 0 saturated carbocycles. The van der Waals surface area contributed by atoms with E-state index in [9.17, 15) is 4.79 Å². The summed E-state index contributed by atoms with van der Waals surface area (Å²) in [5.41, 5.74) is 0. The number of hydrogen-bond donors (Lipinski definition) is 1. The minimum Gasteiger partial charge on any atom is -0.465 e. The number of ether oxygens (including phenoxy) is 1. The van der Waals surface area contributed by atoms with Gasteiger partial charge in [0, 0.05) is 13.0 Å². The topological polar surface area (TPSA) is 73.6 Å². The largest absolute Gasteiger partial charge is 0.465 e. The number of carbonyl (C=O) groups is 1. The van der Waals surface area contributed by atoms with Crippen molar-refractivity contribution < 1.29 is 14.6 Å². The van der Waals surface area contributed by atoms with Crippen molar-refractivity contribution in [2.45, 2.75) is 18.9 Å². The molecular formula is C8H12N2O3. The lowest BCUT2D eigenvalue weighted by atomic mass is 10.2. The molecule has 0 aromatic heterocycles. The summed E-state index contributed by atoms with van der Waals surface area (Å²) in [5.74, 6) is 0. The predicted molar refractivity (Wildman–Crippen MR) is 44.2 cm³/mol. The van der Waals surface area contributed by atoms with Gasteiger partial charge in [-0.15, -0.1) is 0 Å². The number of amides is 1. The zero-order valence-corrected chi connectivity index (χ0v) is 7.27. The number of rotatable bonds is 2. The number of morpholine rings is 1. The molecule has 72 valence electrons. The fraction of sp³-hybridized carbons (Fsp3) is 0.750. The first-order valence-electron chi connectivity index (χ1n) is 4.20. The maximum absolute atomic E-state index is 10.6. The molecule has 0 radical (unpaired) electrons. The Balaban J connectivity index is 2.34. The van der Waals surface area contributed by atoms with Gasteiger partial charge in [0.1, 0.15) is 0 Å². The number of nitriles is 1. The highest BCUT2D eigenvalue weighted by atomic mass is 16.5. The van der Waals surface area contributed by atoms with E-state index in [1.807, 2.05) is 6.07 Å². The lowest BCUT2D eigenvalue weighted by Gasteiger charge is -2.30. The van der Waals surface area contributed by atoms with E-state index < -0.39 is 6.09 Å². The average Bonchev–Trinajstić information content (AvgIpc) is 2.15. The van der Waals surface area contributed by atoms with E-state index in [1.54, 1.807) is 0 Å². The average molecular weight is 184 g/mol. The second-order valence-corrected chi connectivity index (χ2v) is 2.92. The van der Waals surface area contributed by atoms with Crippen LogP contribution in [0.4, 0.5) is 4.79 Å². The third-order valence-corrected chi connectivity index (χ3v) is 1.99. The van der Waals surface area contributed by atoms with Crippen molar-refractivity contribution >= 4 is 6.09 Å². The molecule has 0 aromatic rings. The minimum absolute atomic E-state index is 0.107. The summed E-state index contributed by atoms with van der Waals surface area (Å²) in [4.78, 5) is 11.9.